The number of carboxylic acid groups (broad SMARTS) is 1. The third-order valence-electron chi connectivity index (χ3n) is 6.95. The van der Waals surface area contributed by atoms with E-state index in [1.54, 1.807) is 6.20 Å². The zero-order valence-corrected chi connectivity index (χ0v) is 23.1. The van der Waals surface area contributed by atoms with Crippen LogP contribution in [0.15, 0.2) is 60.9 Å². The maximum Gasteiger partial charge on any atom is 0.326 e. The first-order valence-electron chi connectivity index (χ1n) is 13.6. The number of carbonyl (C=O) groups is 4. The molecule has 3 amide bonds. The second kappa shape index (κ2) is 13.1. The Balaban J connectivity index is 1.33. The molecule has 2 heterocycles. The summed E-state index contributed by atoms with van der Waals surface area (Å²) in [6, 6.07) is 12.1. The standard InChI is InChI=1S/C30H36N6O5/c1-17(2)11-25(29(39)36-26(30(40)41)13-19-15-33-24-10-6-4-8-21(19)24)35-27(37)16-34-28(38)22(31)12-18-14-32-23-9-5-3-7-20(18)23/h3-10,14-15,17,22,25-26,32-33H,11-13,16,31H2,1-2H3,(H,34,38)(H,35,37)(H,36,39)(H,40,41). The Bertz CT molecular complexity index is 1540. The molecule has 3 atom stereocenters. The molecule has 2 aromatic carbocycles. The fraction of sp³-hybridized carbons (Fsp3) is 0.333. The minimum atomic E-state index is -1.20. The predicted octanol–water partition coefficient (Wildman–Crippen LogP) is 1.98. The second-order valence-corrected chi connectivity index (χ2v) is 10.6. The van der Waals surface area contributed by atoms with Crippen molar-refractivity contribution in [3.8, 4) is 0 Å². The fourth-order valence-corrected chi connectivity index (χ4v) is 4.87. The number of amides is 3. The first-order valence-corrected chi connectivity index (χ1v) is 13.6. The van der Waals surface area contributed by atoms with Crippen LogP contribution >= 0.6 is 0 Å². The predicted molar refractivity (Wildman–Crippen MR) is 156 cm³/mol. The van der Waals surface area contributed by atoms with Gasteiger partial charge < -0.3 is 36.8 Å². The number of rotatable bonds is 13. The van der Waals surface area contributed by atoms with Crippen molar-refractivity contribution >= 4 is 45.5 Å². The molecule has 0 aliphatic heterocycles. The summed E-state index contributed by atoms with van der Waals surface area (Å²) in [6.07, 6.45) is 4.17. The Morgan fingerprint density at radius 3 is 1.93 bits per heavy atom. The maximum absolute atomic E-state index is 13.1. The van der Waals surface area contributed by atoms with Crippen molar-refractivity contribution in [1.82, 2.24) is 25.9 Å². The molecule has 11 nitrogen and oxygen atoms in total. The second-order valence-electron chi connectivity index (χ2n) is 10.6. The highest BCUT2D eigenvalue weighted by Gasteiger charge is 2.28. The van der Waals surface area contributed by atoms with Gasteiger partial charge in [-0.2, -0.15) is 0 Å². The number of aliphatic carboxylic acids is 1. The van der Waals surface area contributed by atoms with E-state index < -0.39 is 41.8 Å². The Kier molecular flexibility index (Phi) is 9.41. The first kappa shape index (κ1) is 29.3. The lowest BCUT2D eigenvalue weighted by Crippen LogP contribution is -2.54. The van der Waals surface area contributed by atoms with Crippen LogP contribution in [0.4, 0.5) is 0 Å². The SMILES string of the molecule is CC(C)CC(NC(=O)CNC(=O)C(N)Cc1c[nH]c2ccccc12)C(=O)NC(Cc1c[nH]c2ccccc12)C(=O)O. The summed E-state index contributed by atoms with van der Waals surface area (Å²) in [5.74, 6) is -2.85. The Morgan fingerprint density at radius 2 is 1.37 bits per heavy atom. The number of aromatic nitrogens is 2. The molecule has 216 valence electrons. The van der Waals surface area contributed by atoms with Crippen molar-refractivity contribution in [2.45, 2.75) is 51.2 Å². The molecule has 11 heteroatoms. The van der Waals surface area contributed by atoms with Gasteiger partial charge in [0, 0.05) is 40.6 Å². The molecule has 0 aliphatic rings. The number of hydrogen-bond acceptors (Lipinski definition) is 5. The van der Waals surface area contributed by atoms with Gasteiger partial charge in [-0.15, -0.1) is 0 Å². The summed E-state index contributed by atoms with van der Waals surface area (Å²) in [5, 5.41) is 19.4. The van der Waals surface area contributed by atoms with E-state index in [9.17, 15) is 24.3 Å². The number of nitrogens with one attached hydrogen (secondary N) is 5. The molecule has 0 fully saturated rings. The summed E-state index contributed by atoms with van der Waals surface area (Å²) in [5.41, 5.74) is 9.55. The number of para-hydroxylation sites is 2. The number of hydrogen-bond donors (Lipinski definition) is 7. The van der Waals surface area contributed by atoms with E-state index in [0.717, 1.165) is 32.9 Å². The lowest BCUT2D eigenvalue weighted by Gasteiger charge is -2.23. The highest BCUT2D eigenvalue weighted by Crippen LogP contribution is 2.20. The molecule has 41 heavy (non-hydrogen) atoms. The fourth-order valence-electron chi connectivity index (χ4n) is 4.87. The van der Waals surface area contributed by atoms with Crippen molar-refractivity contribution in [3.63, 3.8) is 0 Å². The van der Waals surface area contributed by atoms with Crippen LogP contribution in [0.1, 0.15) is 31.4 Å². The highest BCUT2D eigenvalue weighted by atomic mass is 16.4. The van der Waals surface area contributed by atoms with E-state index in [0.29, 0.717) is 0 Å². The number of nitrogens with two attached hydrogens (primary N) is 1. The molecular weight excluding hydrogens is 524 g/mol. The third kappa shape index (κ3) is 7.52. The van der Waals surface area contributed by atoms with Crippen LogP contribution in [-0.2, 0) is 32.0 Å². The summed E-state index contributed by atoms with van der Waals surface area (Å²) < 4.78 is 0. The molecule has 4 rings (SSSR count). The van der Waals surface area contributed by atoms with E-state index in [4.69, 9.17) is 5.73 Å². The summed E-state index contributed by atoms with van der Waals surface area (Å²) >= 11 is 0. The topological polar surface area (TPSA) is 182 Å². The number of H-pyrrole nitrogens is 2. The molecule has 4 aromatic rings. The molecule has 0 spiro atoms. The van der Waals surface area contributed by atoms with Crippen LogP contribution in [0.25, 0.3) is 21.8 Å². The number of fused-ring (bicyclic) bond motifs is 2. The Hall–Kier alpha value is -4.64. The molecule has 3 unspecified atom stereocenters. The van der Waals surface area contributed by atoms with Crippen molar-refractivity contribution < 1.29 is 24.3 Å². The summed E-state index contributed by atoms with van der Waals surface area (Å²) in [4.78, 5) is 56.7. The normalized spacial score (nSPS) is 13.6. The van der Waals surface area contributed by atoms with Gasteiger partial charge >= 0.3 is 5.97 Å². The minimum absolute atomic E-state index is 0.0298. The Morgan fingerprint density at radius 1 is 0.805 bits per heavy atom. The van der Waals surface area contributed by atoms with Crippen LogP contribution in [0.2, 0.25) is 0 Å². The van der Waals surface area contributed by atoms with Crippen LogP contribution in [-0.4, -0.2) is 63.4 Å². The van der Waals surface area contributed by atoms with Crippen LogP contribution in [0.5, 0.6) is 0 Å². The van der Waals surface area contributed by atoms with Crippen molar-refractivity contribution in [3.05, 3.63) is 72.1 Å². The van der Waals surface area contributed by atoms with Gasteiger partial charge in [0.1, 0.15) is 12.1 Å². The summed E-state index contributed by atoms with van der Waals surface area (Å²) in [6.45, 7) is 3.40. The number of carbonyl (C=O) groups excluding carboxylic acids is 3. The van der Waals surface area contributed by atoms with E-state index in [1.165, 1.54) is 0 Å². The first-order chi connectivity index (χ1) is 19.6. The third-order valence-corrected chi connectivity index (χ3v) is 6.95. The number of aromatic amines is 2. The van der Waals surface area contributed by atoms with Gasteiger partial charge in [-0.05, 0) is 42.0 Å². The molecular formula is C30H36N6O5. The molecule has 0 saturated carbocycles. The number of benzene rings is 2. The van der Waals surface area contributed by atoms with Gasteiger partial charge in [-0.3, -0.25) is 14.4 Å². The molecule has 8 N–H and O–H groups in total. The zero-order chi connectivity index (χ0) is 29.5. The van der Waals surface area contributed by atoms with Crippen LogP contribution in [0.3, 0.4) is 0 Å². The average molecular weight is 561 g/mol. The van der Waals surface area contributed by atoms with Crippen molar-refractivity contribution in [1.29, 1.82) is 0 Å². The number of carboxylic acids is 1. The van der Waals surface area contributed by atoms with Gasteiger partial charge in [0.2, 0.25) is 17.7 Å². The van der Waals surface area contributed by atoms with E-state index in [2.05, 4.69) is 25.9 Å². The van der Waals surface area contributed by atoms with E-state index in [-0.39, 0.29) is 31.7 Å². The Labute approximate surface area is 237 Å². The van der Waals surface area contributed by atoms with Gasteiger partial charge in [-0.25, -0.2) is 4.79 Å². The van der Waals surface area contributed by atoms with E-state index in [1.807, 2.05) is 68.6 Å². The average Bonchev–Trinajstić information content (AvgIpc) is 3.54. The van der Waals surface area contributed by atoms with Crippen LogP contribution < -0.4 is 21.7 Å². The van der Waals surface area contributed by atoms with E-state index >= 15 is 0 Å². The van der Waals surface area contributed by atoms with Gasteiger partial charge in [-0.1, -0.05) is 50.2 Å². The highest BCUT2D eigenvalue weighted by molar-refractivity contribution is 5.93. The van der Waals surface area contributed by atoms with Crippen molar-refractivity contribution in [2.24, 2.45) is 11.7 Å². The smallest absolute Gasteiger partial charge is 0.326 e. The van der Waals surface area contributed by atoms with Gasteiger partial charge in [0.05, 0.1) is 12.6 Å². The monoisotopic (exact) mass is 560 g/mol. The molecule has 0 saturated heterocycles. The van der Waals surface area contributed by atoms with Gasteiger partial charge in [0.25, 0.3) is 0 Å². The lowest BCUT2D eigenvalue weighted by molar-refractivity contribution is -0.142. The lowest BCUT2D eigenvalue weighted by atomic mass is 10.0. The van der Waals surface area contributed by atoms with Crippen molar-refractivity contribution in [2.75, 3.05) is 6.54 Å². The summed E-state index contributed by atoms with van der Waals surface area (Å²) in [7, 11) is 0. The molecule has 0 radical (unpaired) electrons. The molecule has 2 aromatic heterocycles. The molecule has 0 aliphatic carbocycles. The minimum Gasteiger partial charge on any atom is -0.480 e. The zero-order valence-electron chi connectivity index (χ0n) is 23.1. The maximum atomic E-state index is 13.1. The van der Waals surface area contributed by atoms with Crippen LogP contribution in [0, 0.1) is 5.92 Å². The quantitative estimate of drug-likeness (QED) is 0.131. The van der Waals surface area contributed by atoms with Gasteiger partial charge in [0.15, 0.2) is 0 Å². The molecule has 0 bridgehead atoms. The largest absolute Gasteiger partial charge is 0.480 e.